The van der Waals surface area contributed by atoms with Gasteiger partial charge in [-0.2, -0.15) is 17.8 Å². The molecule has 1 aromatic heterocycles. The molecule has 0 saturated heterocycles. The van der Waals surface area contributed by atoms with Crippen molar-refractivity contribution in [3.63, 3.8) is 0 Å². The molecule has 0 spiro atoms. The number of rotatable bonds is 4. The third-order valence-corrected chi connectivity index (χ3v) is 4.47. The van der Waals surface area contributed by atoms with E-state index < -0.39 is 16.0 Å². The molecule has 1 aliphatic rings. The lowest BCUT2D eigenvalue weighted by Gasteiger charge is -2.11. The third kappa shape index (κ3) is 3.38. The molecule has 2 heterocycles. The van der Waals surface area contributed by atoms with E-state index in [1.807, 2.05) is 0 Å². The molecule has 0 radical (unpaired) electrons. The highest BCUT2D eigenvalue weighted by molar-refractivity contribution is 7.86. The lowest BCUT2D eigenvalue weighted by molar-refractivity contribution is -0.115. The normalized spacial score (nSPS) is 14.7. The van der Waals surface area contributed by atoms with Crippen LogP contribution >= 0.6 is 0 Å². The van der Waals surface area contributed by atoms with Crippen LogP contribution in [0.15, 0.2) is 24.3 Å². The van der Waals surface area contributed by atoms with E-state index in [1.165, 1.54) is 18.2 Å². The summed E-state index contributed by atoms with van der Waals surface area (Å²) in [6.07, 6.45) is -0.0156. The van der Waals surface area contributed by atoms with Crippen molar-refractivity contribution in [2.75, 3.05) is 5.32 Å². The molecule has 122 valence electrons. The number of nitrogens with two attached hydrogens (primary N) is 1. The van der Waals surface area contributed by atoms with Gasteiger partial charge in [-0.3, -0.25) is 9.89 Å². The number of hydrogen-bond donors (Lipinski definition) is 3. The molecule has 0 unspecified atom stereocenters. The molecule has 8 nitrogen and oxygen atoms in total. The van der Waals surface area contributed by atoms with Gasteiger partial charge in [0.25, 0.3) is 10.2 Å². The predicted octanol–water partition coefficient (Wildman–Crippen LogP) is 0.249. The zero-order valence-corrected chi connectivity index (χ0v) is 12.7. The first-order chi connectivity index (χ1) is 10.8. The van der Waals surface area contributed by atoms with Gasteiger partial charge >= 0.3 is 0 Å². The summed E-state index contributed by atoms with van der Waals surface area (Å²) in [4.78, 5) is 12.0. The molecule has 1 amide bonds. The Balaban J connectivity index is 1.70. The Morgan fingerprint density at radius 3 is 2.91 bits per heavy atom. The average Bonchev–Trinajstić information content (AvgIpc) is 3.00. The number of nitrogens with one attached hydrogen (secondary N) is 2. The topological polar surface area (TPSA) is 121 Å². The van der Waals surface area contributed by atoms with E-state index in [-0.39, 0.29) is 31.2 Å². The Hall–Kier alpha value is -2.30. The van der Waals surface area contributed by atoms with Gasteiger partial charge in [-0.05, 0) is 17.7 Å². The Labute approximate surface area is 131 Å². The average molecular weight is 339 g/mol. The Kier molecular flexibility index (Phi) is 3.88. The number of carbonyl (C=O) groups excluding carboxylic acids is 1. The highest BCUT2D eigenvalue weighted by Gasteiger charge is 2.31. The zero-order chi connectivity index (χ0) is 16.6. The number of fused-ring (bicyclic) bond motifs is 1. The van der Waals surface area contributed by atoms with Gasteiger partial charge < -0.3 is 5.32 Å². The smallest absolute Gasteiger partial charge is 0.277 e. The summed E-state index contributed by atoms with van der Waals surface area (Å²) in [5, 5.41) is 14.3. The van der Waals surface area contributed by atoms with Gasteiger partial charge in [0, 0.05) is 12.1 Å². The molecular weight excluding hydrogens is 325 g/mol. The molecule has 4 N–H and O–H groups in total. The molecule has 2 aromatic rings. The number of anilines is 1. The Morgan fingerprint density at radius 2 is 2.22 bits per heavy atom. The van der Waals surface area contributed by atoms with Crippen LogP contribution in [0.3, 0.4) is 0 Å². The molecule has 1 aromatic carbocycles. The van der Waals surface area contributed by atoms with Crippen LogP contribution in [0.5, 0.6) is 0 Å². The van der Waals surface area contributed by atoms with Gasteiger partial charge in [-0.25, -0.2) is 9.53 Å². The maximum Gasteiger partial charge on any atom is 0.277 e. The second-order valence-corrected chi connectivity index (χ2v) is 6.74. The fourth-order valence-electron chi connectivity index (χ4n) is 2.40. The first-order valence-corrected chi connectivity index (χ1v) is 8.21. The monoisotopic (exact) mass is 339 g/mol. The van der Waals surface area contributed by atoms with E-state index in [9.17, 15) is 17.6 Å². The van der Waals surface area contributed by atoms with Crippen LogP contribution in [0.2, 0.25) is 0 Å². The second kappa shape index (κ2) is 5.72. The van der Waals surface area contributed by atoms with Crippen LogP contribution < -0.4 is 10.5 Å². The first kappa shape index (κ1) is 15.6. The zero-order valence-electron chi connectivity index (χ0n) is 11.9. The Morgan fingerprint density at radius 1 is 1.43 bits per heavy atom. The maximum atomic E-state index is 13.1. The number of hydrogen-bond acceptors (Lipinski definition) is 4. The van der Waals surface area contributed by atoms with Crippen molar-refractivity contribution >= 4 is 21.9 Å². The van der Waals surface area contributed by atoms with Gasteiger partial charge in [0.15, 0.2) is 5.82 Å². The summed E-state index contributed by atoms with van der Waals surface area (Å²) in [7, 11) is -3.81. The maximum absolute atomic E-state index is 13.1. The molecule has 1 aliphatic heterocycles. The van der Waals surface area contributed by atoms with Crippen molar-refractivity contribution in [2.24, 2.45) is 5.14 Å². The van der Waals surface area contributed by atoms with Crippen LogP contribution in [0.4, 0.5) is 10.2 Å². The van der Waals surface area contributed by atoms with Crippen LogP contribution in [-0.2, 0) is 34.5 Å². The number of H-pyrrole nitrogens is 1. The Bertz CT molecular complexity index is 864. The van der Waals surface area contributed by atoms with Gasteiger partial charge in [-0.1, -0.05) is 12.1 Å². The van der Waals surface area contributed by atoms with Gasteiger partial charge in [0.05, 0.1) is 18.7 Å². The molecule has 0 saturated carbocycles. The minimum atomic E-state index is -3.81. The lowest BCUT2D eigenvalue weighted by atomic mass is 10.1. The fourth-order valence-corrected chi connectivity index (χ4v) is 3.02. The number of aromatic amines is 1. The van der Waals surface area contributed by atoms with E-state index in [0.717, 1.165) is 4.31 Å². The van der Waals surface area contributed by atoms with Crippen molar-refractivity contribution in [3.8, 4) is 0 Å². The van der Waals surface area contributed by atoms with Crippen LogP contribution in [0.1, 0.15) is 16.8 Å². The summed E-state index contributed by atoms with van der Waals surface area (Å²) < 4.78 is 36.9. The summed E-state index contributed by atoms with van der Waals surface area (Å²) in [5.74, 6) is -0.536. The number of benzene rings is 1. The van der Waals surface area contributed by atoms with Gasteiger partial charge in [0.2, 0.25) is 5.91 Å². The quantitative estimate of drug-likeness (QED) is 0.739. The molecule has 3 rings (SSSR count). The molecule has 23 heavy (non-hydrogen) atoms. The number of aromatic nitrogens is 2. The molecule has 0 bridgehead atoms. The van der Waals surface area contributed by atoms with Crippen LogP contribution in [0.25, 0.3) is 0 Å². The number of nitrogens with zero attached hydrogens (tertiary/aromatic N) is 2. The predicted molar refractivity (Wildman–Crippen MR) is 79.7 cm³/mol. The molecule has 0 atom stereocenters. The summed E-state index contributed by atoms with van der Waals surface area (Å²) in [5.41, 5.74) is 1.69. The summed E-state index contributed by atoms with van der Waals surface area (Å²) >= 11 is 0. The minimum absolute atomic E-state index is 0.0156. The van der Waals surface area contributed by atoms with Crippen molar-refractivity contribution in [1.29, 1.82) is 0 Å². The summed E-state index contributed by atoms with van der Waals surface area (Å²) in [6.45, 7) is 0.126. The van der Waals surface area contributed by atoms with E-state index >= 15 is 0 Å². The first-order valence-electron chi connectivity index (χ1n) is 6.71. The SMILES string of the molecule is NS(=O)(=O)N1Cc2[nH]nc(NC(=O)Cc3cccc(F)c3)c2C1. The van der Waals surface area contributed by atoms with Crippen molar-refractivity contribution < 1.29 is 17.6 Å². The van der Waals surface area contributed by atoms with Crippen molar-refractivity contribution in [1.82, 2.24) is 14.5 Å². The van der Waals surface area contributed by atoms with Crippen molar-refractivity contribution in [2.45, 2.75) is 19.5 Å². The van der Waals surface area contributed by atoms with E-state index in [1.54, 1.807) is 6.07 Å². The van der Waals surface area contributed by atoms with Gasteiger partial charge in [0.1, 0.15) is 5.82 Å². The molecular formula is C13H14FN5O3S. The van der Waals surface area contributed by atoms with Crippen molar-refractivity contribution in [3.05, 3.63) is 46.9 Å². The van der Waals surface area contributed by atoms with E-state index in [2.05, 4.69) is 15.5 Å². The molecule has 0 aliphatic carbocycles. The minimum Gasteiger partial charge on any atom is -0.309 e. The number of amides is 1. The largest absolute Gasteiger partial charge is 0.309 e. The summed E-state index contributed by atoms with van der Waals surface area (Å²) in [6, 6.07) is 5.73. The third-order valence-electron chi connectivity index (χ3n) is 3.49. The van der Waals surface area contributed by atoms with Crippen LogP contribution in [0, 0.1) is 5.82 Å². The fraction of sp³-hybridized carbons (Fsp3) is 0.231. The number of halogens is 1. The lowest BCUT2D eigenvalue weighted by Crippen LogP contribution is -2.32. The van der Waals surface area contributed by atoms with E-state index in [0.29, 0.717) is 16.8 Å². The second-order valence-electron chi connectivity index (χ2n) is 5.20. The highest BCUT2D eigenvalue weighted by atomic mass is 32.2. The highest BCUT2D eigenvalue weighted by Crippen LogP contribution is 2.28. The number of carbonyl (C=O) groups is 1. The van der Waals surface area contributed by atoms with Crippen LogP contribution in [-0.4, -0.2) is 28.8 Å². The standard InChI is InChI=1S/C13H14FN5O3S/c14-9-3-1-2-8(4-9)5-12(20)16-13-10-6-19(23(15,21)22)7-11(10)17-18-13/h1-4H,5-7H2,(H2,15,21,22)(H2,16,17,18,20). The van der Waals surface area contributed by atoms with E-state index in [4.69, 9.17) is 5.14 Å². The molecule has 10 heteroatoms. The van der Waals surface area contributed by atoms with Gasteiger partial charge in [-0.15, -0.1) is 0 Å². The molecule has 0 fully saturated rings.